The van der Waals surface area contributed by atoms with E-state index in [9.17, 15) is 9.90 Å². The van der Waals surface area contributed by atoms with Gasteiger partial charge in [0.25, 0.3) is 5.91 Å². The smallest absolute Gasteiger partial charge is 0.260 e. The van der Waals surface area contributed by atoms with Crippen LogP contribution in [0.1, 0.15) is 45.3 Å². The molecule has 0 fully saturated rings. The highest BCUT2D eigenvalue weighted by Crippen LogP contribution is 2.25. The number of benzene rings is 1. The fourth-order valence-corrected chi connectivity index (χ4v) is 1.71. The van der Waals surface area contributed by atoms with Gasteiger partial charge in [-0.15, -0.1) is 0 Å². The van der Waals surface area contributed by atoms with E-state index in [1.165, 1.54) is 0 Å². The summed E-state index contributed by atoms with van der Waals surface area (Å²) in [5.74, 6) is 0.421. The molecular weight excluding hydrogens is 242 g/mol. The Morgan fingerprint density at radius 1 is 1.37 bits per heavy atom. The molecule has 0 spiro atoms. The Kier molecular flexibility index (Phi) is 6.36. The molecule has 106 valence electrons. The highest BCUT2D eigenvalue weighted by molar-refractivity contribution is 5.80. The van der Waals surface area contributed by atoms with Gasteiger partial charge in [0.05, 0.1) is 6.10 Å². The highest BCUT2D eigenvalue weighted by Gasteiger charge is 2.16. The zero-order valence-corrected chi connectivity index (χ0v) is 11.8. The predicted molar refractivity (Wildman–Crippen MR) is 75.1 cm³/mol. The Balaban J connectivity index is 2.61. The summed E-state index contributed by atoms with van der Waals surface area (Å²) in [4.78, 5) is 11.8. The van der Waals surface area contributed by atoms with Gasteiger partial charge in [0.1, 0.15) is 5.75 Å². The minimum Gasteiger partial charge on any atom is -0.481 e. The minimum atomic E-state index is -0.619. The van der Waals surface area contributed by atoms with Crippen molar-refractivity contribution in [2.24, 2.45) is 0 Å². The van der Waals surface area contributed by atoms with Gasteiger partial charge in [-0.2, -0.15) is 0 Å². The van der Waals surface area contributed by atoms with Gasteiger partial charge in [0.2, 0.25) is 0 Å². The van der Waals surface area contributed by atoms with Crippen LogP contribution in [0.15, 0.2) is 24.3 Å². The van der Waals surface area contributed by atoms with Gasteiger partial charge in [-0.25, -0.2) is 0 Å². The maximum absolute atomic E-state index is 11.8. The summed E-state index contributed by atoms with van der Waals surface area (Å²) in [5, 5.41) is 12.5. The molecule has 0 aliphatic rings. The molecule has 4 heteroatoms. The lowest BCUT2D eigenvalue weighted by molar-refractivity contribution is -0.127. The molecule has 1 amide bonds. The minimum absolute atomic E-state index is 0.131. The number of carbonyl (C=O) groups excluding carboxylic acids is 1. The molecule has 2 atom stereocenters. The molecule has 2 N–H and O–H groups in total. The number of ether oxygens (including phenoxy) is 1. The van der Waals surface area contributed by atoms with Gasteiger partial charge in [-0.05, 0) is 26.3 Å². The summed E-state index contributed by atoms with van der Waals surface area (Å²) in [6.45, 7) is 6.13. The van der Waals surface area contributed by atoms with Crippen LogP contribution < -0.4 is 10.1 Å². The lowest BCUT2D eigenvalue weighted by Gasteiger charge is -2.18. The molecule has 0 aliphatic heterocycles. The van der Waals surface area contributed by atoms with Crippen LogP contribution in [0.25, 0.3) is 0 Å². The van der Waals surface area contributed by atoms with E-state index < -0.39 is 12.2 Å². The summed E-state index contributed by atoms with van der Waals surface area (Å²) in [7, 11) is 0. The number of para-hydroxylation sites is 1. The first-order chi connectivity index (χ1) is 9.06. The fourth-order valence-electron chi connectivity index (χ4n) is 1.71. The summed E-state index contributed by atoms with van der Waals surface area (Å²) in [5.41, 5.74) is 0.690. The number of hydrogen-bond donors (Lipinski definition) is 2. The van der Waals surface area contributed by atoms with Crippen LogP contribution in [-0.2, 0) is 4.79 Å². The molecule has 1 aromatic rings. The van der Waals surface area contributed by atoms with E-state index in [0.717, 1.165) is 12.8 Å². The number of amides is 1. The molecule has 19 heavy (non-hydrogen) atoms. The maximum atomic E-state index is 11.8. The molecule has 4 nitrogen and oxygen atoms in total. The topological polar surface area (TPSA) is 58.6 Å². The Labute approximate surface area is 114 Å². The van der Waals surface area contributed by atoms with Gasteiger partial charge >= 0.3 is 0 Å². The maximum Gasteiger partial charge on any atom is 0.260 e. The van der Waals surface area contributed by atoms with Gasteiger partial charge in [-0.3, -0.25) is 4.79 Å². The van der Waals surface area contributed by atoms with Gasteiger partial charge in [0.15, 0.2) is 6.10 Å². The first-order valence-corrected chi connectivity index (χ1v) is 6.77. The van der Waals surface area contributed by atoms with Gasteiger partial charge in [0, 0.05) is 12.1 Å². The monoisotopic (exact) mass is 265 g/mol. The largest absolute Gasteiger partial charge is 0.481 e. The number of rotatable bonds is 7. The molecule has 0 saturated heterocycles. The summed E-state index contributed by atoms with van der Waals surface area (Å²) < 4.78 is 5.63. The van der Waals surface area contributed by atoms with E-state index in [-0.39, 0.29) is 5.91 Å². The van der Waals surface area contributed by atoms with E-state index in [1.807, 2.05) is 12.1 Å². The third-order valence-corrected chi connectivity index (χ3v) is 2.87. The Morgan fingerprint density at radius 3 is 2.68 bits per heavy atom. The van der Waals surface area contributed by atoms with Crippen molar-refractivity contribution in [1.82, 2.24) is 5.32 Å². The van der Waals surface area contributed by atoms with E-state index in [1.54, 1.807) is 26.0 Å². The number of unbranched alkanes of at least 4 members (excludes halogenated alkanes) is 1. The third-order valence-electron chi connectivity index (χ3n) is 2.87. The first-order valence-electron chi connectivity index (χ1n) is 6.77. The van der Waals surface area contributed by atoms with Crippen LogP contribution in [0.2, 0.25) is 0 Å². The highest BCUT2D eigenvalue weighted by atomic mass is 16.5. The Morgan fingerprint density at radius 2 is 2.05 bits per heavy atom. The standard InChI is InChI=1S/C15H23NO3/c1-4-5-10-16-15(18)12(3)19-14-9-7-6-8-13(14)11(2)17/h6-9,11-12,17H,4-5,10H2,1-3H3,(H,16,18)/t11-,12?/m1/s1. The van der Waals surface area contributed by atoms with Crippen molar-refractivity contribution in [2.45, 2.75) is 45.8 Å². The normalized spacial score (nSPS) is 13.7. The van der Waals surface area contributed by atoms with Crippen molar-refractivity contribution >= 4 is 5.91 Å². The van der Waals surface area contributed by atoms with Crippen LogP contribution in [0.5, 0.6) is 5.75 Å². The van der Waals surface area contributed by atoms with Gasteiger partial charge in [-0.1, -0.05) is 31.5 Å². The second-order valence-corrected chi connectivity index (χ2v) is 4.62. The molecule has 1 aromatic carbocycles. The van der Waals surface area contributed by atoms with E-state index in [0.29, 0.717) is 17.9 Å². The van der Waals surface area contributed by atoms with Crippen LogP contribution in [0, 0.1) is 0 Å². The molecule has 1 unspecified atom stereocenters. The molecular formula is C15H23NO3. The second kappa shape index (κ2) is 7.79. The zero-order valence-electron chi connectivity index (χ0n) is 11.8. The van der Waals surface area contributed by atoms with Crippen molar-refractivity contribution in [3.05, 3.63) is 29.8 Å². The second-order valence-electron chi connectivity index (χ2n) is 4.62. The van der Waals surface area contributed by atoms with Gasteiger partial charge < -0.3 is 15.2 Å². The summed E-state index contributed by atoms with van der Waals surface area (Å²) in [6, 6.07) is 7.21. The summed E-state index contributed by atoms with van der Waals surface area (Å²) in [6.07, 6.45) is 0.812. The number of hydrogen-bond acceptors (Lipinski definition) is 3. The zero-order chi connectivity index (χ0) is 14.3. The average Bonchev–Trinajstić information content (AvgIpc) is 2.39. The van der Waals surface area contributed by atoms with Crippen molar-refractivity contribution in [1.29, 1.82) is 0 Å². The van der Waals surface area contributed by atoms with E-state index in [4.69, 9.17) is 4.74 Å². The molecule has 0 bridgehead atoms. The predicted octanol–water partition coefficient (Wildman–Crippen LogP) is 2.42. The van der Waals surface area contributed by atoms with Crippen LogP contribution in [-0.4, -0.2) is 23.7 Å². The Bertz CT molecular complexity index is 404. The SMILES string of the molecule is CCCCNC(=O)C(C)Oc1ccccc1[C@@H](C)O. The fraction of sp³-hybridized carbons (Fsp3) is 0.533. The van der Waals surface area contributed by atoms with Crippen molar-refractivity contribution in [2.75, 3.05) is 6.54 Å². The van der Waals surface area contributed by atoms with E-state index >= 15 is 0 Å². The molecule has 0 saturated carbocycles. The van der Waals surface area contributed by atoms with E-state index in [2.05, 4.69) is 12.2 Å². The number of aliphatic hydroxyl groups is 1. The molecule has 0 heterocycles. The number of nitrogens with one attached hydrogen (secondary N) is 1. The number of aliphatic hydroxyl groups excluding tert-OH is 1. The third kappa shape index (κ3) is 4.91. The van der Waals surface area contributed by atoms with Crippen molar-refractivity contribution in [3.63, 3.8) is 0 Å². The lowest BCUT2D eigenvalue weighted by Crippen LogP contribution is -2.37. The molecule has 0 aromatic heterocycles. The van der Waals surface area contributed by atoms with Crippen LogP contribution in [0.4, 0.5) is 0 Å². The first kappa shape index (κ1) is 15.5. The summed E-state index contributed by atoms with van der Waals surface area (Å²) >= 11 is 0. The van der Waals surface area contributed by atoms with Crippen LogP contribution in [0.3, 0.4) is 0 Å². The number of carbonyl (C=O) groups is 1. The molecule has 0 radical (unpaired) electrons. The Hall–Kier alpha value is -1.55. The van der Waals surface area contributed by atoms with Crippen molar-refractivity contribution < 1.29 is 14.6 Å². The average molecular weight is 265 g/mol. The lowest BCUT2D eigenvalue weighted by atomic mass is 10.1. The van der Waals surface area contributed by atoms with Crippen LogP contribution >= 0.6 is 0 Å². The van der Waals surface area contributed by atoms with Crippen molar-refractivity contribution in [3.8, 4) is 5.75 Å². The molecule has 0 aliphatic carbocycles. The quantitative estimate of drug-likeness (QED) is 0.744. The molecule has 1 rings (SSSR count).